The van der Waals surface area contributed by atoms with Gasteiger partial charge in [0.2, 0.25) is 5.89 Å². The fourth-order valence-electron chi connectivity index (χ4n) is 2.18. The van der Waals surface area contributed by atoms with Crippen molar-refractivity contribution in [1.82, 2.24) is 9.88 Å². The number of oxazole rings is 1. The summed E-state index contributed by atoms with van der Waals surface area (Å²) in [6.45, 7) is 5.92. The molecule has 1 atom stereocenters. The molecule has 1 aromatic carbocycles. The monoisotopic (exact) mass is 332 g/mol. The zero-order valence-corrected chi connectivity index (χ0v) is 14.3. The van der Waals surface area contributed by atoms with Crippen LogP contribution in [-0.4, -0.2) is 39.8 Å². The third-order valence-electron chi connectivity index (χ3n) is 3.29. The van der Waals surface area contributed by atoms with Crippen LogP contribution in [0.3, 0.4) is 0 Å². The maximum atomic E-state index is 12.4. The fraction of sp³-hybridized carbons (Fsp3) is 0.444. The number of aliphatic hydroxyl groups excluding tert-OH is 1. The molecule has 0 spiro atoms. The third-order valence-corrected chi connectivity index (χ3v) is 3.29. The van der Waals surface area contributed by atoms with E-state index in [4.69, 9.17) is 9.15 Å². The number of hydrogen-bond donors (Lipinski definition) is 1. The lowest BCUT2D eigenvalue weighted by molar-refractivity contribution is 0.0120. The van der Waals surface area contributed by atoms with Crippen LogP contribution in [0.2, 0.25) is 0 Å². The Hall–Kier alpha value is -2.34. The van der Waals surface area contributed by atoms with Crippen molar-refractivity contribution in [3.8, 4) is 0 Å². The second-order valence-electron chi connectivity index (χ2n) is 6.55. The number of aliphatic hydroxyl groups is 1. The molecule has 0 aliphatic carbocycles. The Bertz CT molecular complexity index is 620. The maximum Gasteiger partial charge on any atom is 0.410 e. The number of aromatic nitrogens is 1. The predicted octanol–water partition coefficient (Wildman–Crippen LogP) is 3.19. The first kappa shape index (κ1) is 18.0. The number of carbonyl (C=O) groups is 1. The minimum absolute atomic E-state index is 0.0578. The molecule has 1 N–H and O–H groups in total. The van der Waals surface area contributed by atoms with E-state index < -0.39 is 17.8 Å². The second-order valence-corrected chi connectivity index (χ2v) is 6.55. The maximum absolute atomic E-state index is 12.4. The molecular weight excluding hydrogens is 308 g/mol. The van der Waals surface area contributed by atoms with Crippen molar-refractivity contribution in [2.24, 2.45) is 0 Å². The second kappa shape index (κ2) is 7.97. The molecule has 24 heavy (non-hydrogen) atoms. The normalized spacial score (nSPS) is 12.7. The molecule has 6 nitrogen and oxygen atoms in total. The molecule has 1 heterocycles. The predicted molar refractivity (Wildman–Crippen MR) is 89.4 cm³/mol. The Morgan fingerprint density at radius 2 is 2.04 bits per heavy atom. The number of nitrogens with zero attached hydrogens (tertiary/aromatic N) is 2. The van der Waals surface area contributed by atoms with E-state index >= 15 is 0 Å². The molecule has 1 amide bonds. The first-order chi connectivity index (χ1) is 11.3. The Morgan fingerprint density at radius 1 is 1.33 bits per heavy atom. The van der Waals surface area contributed by atoms with Crippen LogP contribution in [0.25, 0.3) is 0 Å². The van der Waals surface area contributed by atoms with E-state index in [1.54, 1.807) is 0 Å². The SMILES string of the molecule is CC(C)(C)OC(=O)N(CCc1ccccc1)CC(O)c1ncco1. The Morgan fingerprint density at radius 3 is 2.62 bits per heavy atom. The lowest BCUT2D eigenvalue weighted by Gasteiger charge is -2.28. The molecule has 6 heteroatoms. The molecule has 130 valence electrons. The lowest BCUT2D eigenvalue weighted by Crippen LogP contribution is -2.40. The van der Waals surface area contributed by atoms with Crippen LogP contribution in [-0.2, 0) is 11.2 Å². The standard InChI is InChI=1S/C18H24N2O4/c1-18(2,3)24-17(22)20(11-9-14-7-5-4-6-8-14)13-15(21)16-19-10-12-23-16/h4-8,10,12,15,21H,9,11,13H2,1-3H3. The zero-order valence-electron chi connectivity index (χ0n) is 14.3. The van der Waals surface area contributed by atoms with Crippen LogP contribution in [0.5, 0.6) is 0 Å². The summed E-state index contributed by atoms with van der Waals surface area (Å²) < 4.78 is 10.5. The fourth-order valence-corrected chi connectivity index (χ4v) is 2.18. The highest BCUT2D eigenvalue weighted by molar-refractivity contribution is 5.68. The van der Waals surface area contributed by atoms with Gasteiger partial charge in [0.25, 0.3) is 0 Å². The molecule has 0 saturated carbocycles. The molecule has 0 aliphatic rings. The number of hydrogen-bond acceptors (Lipinski definition) is 5. The molecule has 1 aromatic heterocycles. The Balaban J connectivity index is 2.04. The van der Waals surface area contributed by atoms with Gasteiger partial charge in [0.05, 0.1) is 12.7 Å². The molecule has 2 rings (SSSR count). The summed E-state index contributed by atoms with van der Waals surface area (Å²) in [5, 5.41) is 10.2. The molecule has 0 fully saturated rings. The summed E-state index contributed by atoms with van der Waals surface area (Å²) in [5.41, 5.74) is 0.507. The van der Waals surface area contributed by atoms with Gasteiger partial charge < -0.3 is 19.2 Å². The minimum Gasteiger partial charge on any atom is -0.446 e. The van der Waals surface area contributed by atoms with Gasteiger partial charge in [0, 0.05) is 6.54 Å². The largest absolute Gasteiger partial charge is 0.446 e. The van der Waals surface area contributed by atoms with Crippen LogP contribution in [0, 0.1) is 0 Å². The summed E-state index contributed by atoms with van der Waals surface area (Å²) in [6, 6.07) is 9.85. The summed E-state index contributed by atoms with van der Waals surface area (Å²) in [4.78, 5) is 17.8. The lowest BCUT2D eigenvalue weighted by atomic mass is 10.1. The summed E-state index contributed by atoms with van der Waals surface area (Å²) in [5.74, 6) is 0.184. The molecule has 0 saturated heterocycles. The van der Waals surface area contributed by atoms with Gasteiger partial charge in [-0.2, -0.15) is 0 Å². The smallest absolute Gasteiger partial charge is 0.410 e. The number of benzene rings is 1. The Labute approximate surface area is 142 Å². The van der Waals surface area contributed by atoms with E-state index in [-0.39, 0.29) is 12.4 Å². The minimum atomic E-state index is -0.997. The van der Waals surface area contributed by atoms with E-state index in [2.05, 4.69) is 4.98 Å². The van der Waals surface area contributed by atoms with Crippen molar-refractivity contribution >= 4 is 6.09 Å². The van der Waals surface area contributed by atoms with Crippen molar-refractivity contribution in [2.45, 2.75) is 38.9 Å². The van der Waals surface area contributed by atoms with Crippen molar-refractivity contribution in [1.29, 1.82) is 0 Å². The van der Waals surface area contributed by atoms with E-state index in [0.29, 0.717) is 13.0 Å². The quantitative estimate of drug-likeness (QED) is 0.879. The number of carbonyl (C=O) groups excluding carboxylic acids is 1. The highest BCUT2D eigenvalue weighted by Gasteiger charge is 2.25. The van der Waals surface area contributed by atoms with Gasteiger partial charge in [-0.25, -0.2) is 9.78 Å². The van der Waals surface area contributed by atoms with Gasteiger partial charge in [0.15, 0.2) is 0 Å². The highest BCUT2D eigenvalue weighted by atomic mass is 16.6. The van der Waals surface area contributed by atoms with Crippen molar-refractivity contribution < 1.29 is 19.1 Å². The van der Waals surface area contributed by atoms with Crippen LogP contribution < -0.4 is 0 Å². The topological polar surface area (TPSA) is 75.8 Å². The third kappa shape index (κ3) is 5.70. The van der Waals surface area contributed by atoms with Crippen molar-refractivity contribution in [3.63, 3.8) is 0 Å². The summed E-state index contributed by atoms with van der Waals surface area (Å²) in [7, 11) is 0. The number of ether oxygens (including phenoxy) is 1. The summed E-state index contributed by atoms with van der Waals surface area (Å²) >= 11 is 0. The molecule has 0 bridgehead atoms. The van der Waals surface area contributed by atoms with Gasteiger partial charge in [-0.1, -0.05) is 30.3 Å². The average Bonchev–Trinajstić information content (AvgIpc) is 3.05. The van der Waals surface area contributed by atoms with Crippen molar-refractivity contribution in [2.75, 3.05) is 13.1 Å². The summed E-state index contributed by atoms with van der Waals surface area (Å²) in [6.07, 6.45) is 2.05. The van der Waals surface area contributed by atoms with Crippen LogP contribution >= 0.6 is 0 Å². The average molecular weight is 332 g/mol. The van der Waals surface area contributed by atoms with E-state index in [1.165, 1.54) is 17.4 Å². The van der Waals surface area contributed by atoms with E-state index in [1.807, 2.05) is 51.1 Å². The highest BCUT2D eigenvalue weighted by Crippen LogP contribution is 2.16. The molecule has 0 radical (unpaired) electrons. The molecular formula is C18H24N2O4. The molecule has 2 aromatic rings. The van der Waals surface area contributed by atoms with Crippen molar-refractivity contribution in [3.05, 3.63) is 54.2 Å². The van der Waals surface area contributed by atoms with Gasteiger partial charge >= 0.3 is 6.09 Å². The first-order valence-electron chi connectivity index (χ1n) is 7.94. The molecule has 1 unspecified atom stereocenters. The van der Waals surface area contributed by atoms with Gasteiger partial charge in [-0.3, -0.25) is 0 Å². The van der Waals surface area contributed by atoms with Crippen LogP contribution in [0.15, 0.2) is 47.2 Å². The Kier molecular flexibility index (Phi) is 5.98. The molecule has 0 aliphatic heterocycles. The van der Waals surface area contributed by atoms with Gasteiger partial charge in [-0.15, -0.1) is 0 Å². The van der Waals surface area contributed by atoms with E-state index in [0.717, 1.165) is 5.56 Å². The van der Waals surface area contributed by atoms with E-state index in [9.17, 15) is 9.90 Å². The first-order valence-corrected chi connectivity index (χ1v) is 7.94. The van der Waals surface area contributed by atoms with Crippen LogP contribution in [0.1, 0.15) is 38.3 Å². The van der Waals surface area contributed by atoms with Crippen LogP contribution in [0.4, 0.5) is 4.79 Å². The van der Waals surface area contributed by atoms with Gasteiger partial charge in [-0.05, 0) is 32.8 Å². The van der Waals surface area contributed by atoms with Gasteiger partial charge in [0.1, 0.15) is 18.0 Å². The number of rotatable bonds is 6. The number of amides is 1. The zero-order chi connectivity index (χ0) is 17.6.